The van der Waals surface area contributed by atoms with Crippen molar-refractivity contribution >= 4 is 12.6 Å². The molecule has 1 heteroatoms. The first kappa shape index (κ1) is 45.2. The summed E-state index contributed by atoms with van der Waals surface area (Å²) < 4.78 is 0. The van der Waals surface area contributed by atoms with Gasteiger partial charge in [-0.25, -0.2) is 0 Å². The fourth-order valence-corrected chi connectivity index (χ4v) is 14.6. The van der Waals surface area contributed by atoms with Crippen LogP contribution in [0.3, 0.4) is 0 Å². The van der Waals surface area contributed by atoms with E-state index in [0.29, 0.717) is 5.41 Å². The Bertz CT molecular complexity index is 968. The zero-order chi connectivity index (χ0) is 37.9. The molecule has 0 saturated heterocycles. The summed E-state index contributed by atoms with van der Waals surface area (Å²) in [6, 6.07) is 0. The second-order valence-electron chi connectivity index (χ2n) is 21.4. The van der Waals surface area contributed by atoms with E-state index >= 15 is 0 Å². The molecule has 0 radical (unpaired) electrons. The van der Waals surface area contributed by atoms with Crippen molar-refractivity contribution in [2.24, 2.45) is 64.6 Å². The Kier molecular flexibility index (Phi) is 21.4. The Labute approximate surface area is 345 Å². The van der Waals surface area contributed by atoms with Crippen molar-refractivity contribution in [3.05, 3.63) is 12.2 Å². The highest BCUT2D eigenvalue weighted by atomic mass is 32.1. The predicted octanol–water partition coefficient (Wildman–Crippen LogP) is 17.8. The Hall–Kier alpha value is 0.0900. The van der Waals surface area contributed by atoms with Crippen LogP contribution in [0.1, 0.15) is 252 Å². The molecule has 54 heavy (non-hydrogen) atoms. The van der Waals surface area contributed by atoms with E-state index in [4.69, 9.17) is 0 Å². The van der Waals surface area contributed by atoms with Crippen LogP contribution in [-0.4, -0.2) is 5.75 Å². The Balaban J connectivity index is 1.27. The van der Waals surface area contributed by atoms with Gasteiger partial charge in [-0.05, 0) is 160 Å². The largest absolute Gasteiger partial charge is 0.179 e. The lowest BCUT2D eigenvalue weighted by Crippen LogP contribution is -2.37. The summed E-state index contributed by atoms with van der Waals surface area (Å²) in [4.78, 5) is 0. The van der Waals surface area contributed by atoms with E-state index in [-0.39, 0.29) is 0 Å². The standard InChI is InChI=1S/C53H96S/c1-4-45(37-38-49-29-20-22-34-52(49)44(3)36-35-43(2)51-33-21-19-28-48(51)30-23-39-54)40-53(50-31-17-11-12-18-32-50,42-47-26-15-9-10-16-27-47)41-46-24-13-7-5-6-8-14-25-46/h5,7,43-52,54H,4,6,8-42H2,1-3H3/b7-5-/t43-,44?,45-,46?,48?,49?,51?,52?,53?/m1/s1. The molecule has 0 aromatic carbocycles. The first-order chi connectivity index (χ1) is 26.5. The van der Waals surface area contributed by atoms with E-state index < -0.39 is 0 Å². The van der Waals surface area contributed by atoms with Crippen LogP contribution in [0.15, 0.2) is 12.2 Å². The van der Waals surface area contributed by atoms with Gasteiger partial charge < -0.3 is 0 Å². The van der Waals surface area contributed by atoms with E-state index in [1.807, 2.05) is 0 Å². The van der Waals surface area contributed by atoms with Gasteiger partial charge in [0.15, 0.2) is 0 Å². The van der Waals surface area contributed by atoms with Gasteiger partial charge in [-0.2, -0.15) is 12.6 Å². The summed E-state index contributed by atoms with van der Waals surface area (Å²) in [5.41, 5.74) is 0.613. The van der Waals surface area contributed by atoms with Gasteiger partial charge in [0.05, 0.1) is 0 Å². The van der Waals surface area contributed by atoms with Crippen LogP contribution in [-0.2, 0) is 0 Å². The van der Waals surface area contributed by atoms with Gasteiger partial charge in [0.2, 0.25) is 0 Å². The van der Waals surface area contributed by atoms with E-state index in [1.165, 1.54) is 167 Å². The van der Waals surface area contributed by atoms with Gasteiger partial charge in [-0.3, -0.25) is 0 Å². The summed E-state index contributed by atoms with van der Waals surface area (Å²) in [6.07, 6.45) is 59.3. The molecular weight excluding hydrogens is 669 g/mol. The lowest BCUT2D eigenvalue weighted by atomic mass is 9.57. The second kappa shape index (κ2) is 25.5. The van der Waals surface area contributed by atoms with Crippen molar-refractivity contribution in [3.63, 3.8) is 0 Å². The van der Waals surface area contributed by atoms with Crippen LogP contribution in [0.25, 0.3) is 0 Å². The monoisotopic (exact) mass is 765 g/mol. The number of rotatable bonds is 19. The van der Waals surface area contributed by atoms with Gasteiger partial charge in [0.25, 0.3) is 0 Å². The number of hydrogen-bond acceptors (Lipinski definition) is 1. The molecule has 0 bridgehead atoms. The van der Waals surface area contributed by atoms with Gasteiger partial charge in [-0.15, -0.1) is 0 Å². The van der Waals surface area contributed by atoms with Crippen molar-refractivity contribution in [3.8, 4) is 0 Å². The molecule has 0 amide bonds. The van der Waals surface area contributed by atoms with Crippen LogP contribution in [0.5, 0.6) is 0 Å². The van der Waals surface area contributed by atoms with Gasteiger partial charge in [-0.1, -0.05) is 174 Å². The fraction of sp³-hybridized carbons (Fsp3) is 0.962. The SMILES string of the molecule is CC[C@H](CCC1CCCCC1C(C)CC[C@@H](C)C1CCCCC1CCCS)CC(CC1CC/C=C\CCCC1)(CC1CCCCCC1)C1CCCCCC1. The molecule has 5 rings (SSSR count). The van der Waals surface area contributed by atoms with Gasteiger partial charge in [0.1, 0.15) is 0 Å². The zero-order valence-electron chi connectivity index (χ0n) is 37.0. The Morgan fingerprint density at radius 2 is 1.04 bits per heavy atom. The average molecular weight is 765 g/mol. The first-order valence-corrected chi connectivity index (χ1v) is 26.4. The Morgan fingerprint density at radius 3 is 1.63 bits per heavy atom. The van der Waals surface area contributed by atoms with Crippen molar-refractivity contribution in [1.29, 1.82) is 0 Å². The molecule has 0 aliphatic heterocycles. The van der Waals surface area contributed by atoms with E-state index in [9.17, 15) is 0 Å². The second-order valence-corrected chi connectivity index (χ2v) is 21.8. The Morgan fingerprint density at radius 1 is 0.537 bits per heavy atom. The maximum Gasteiger partial charge on any atom is -0.00978 e. The molecule has 9 atom stereocenters. The van der Waals surface area contributed by atoms with E-state index in [2.05, 4.69) is 45.6 Å². The van der Waals surface area contributed by atoms with Crippen LogP contribution in [0.2, 0.25) is 0 Å². The lowest BCUT2D eigenvalue weighted by Gasteiger charge is -2.48. The molecule has 0 nitrogen and oxygen atoms in total. The van der Waals surface area contributed by atoms with Crippen LogP contribution < -0.4 is 0 Å². The summed E-state index contributed by atoms with van der Waals surface area (Å²) in [6.45, 7) is 7.99. The first-order valence-electron chi connectivity index (χ1n) is 25.8. The molecule has 5 aliphatic rings. The topological polar surface area (TPSA) is 0 Å². The number of allylic oxidation sites excluding steroid dienone is 2. The minimum atomic E-state index is 0.613. The molecule has 7 unspecified atom stereocenters. The molecule has 0 aromatic rings. The zero-order valence-corrected chi connectivity index (χ0v) is 37.9. The molecule has 314 valence electrons. The third kappa shape index (κ3) is 14.7. The molecule has 5 aliphatic carbocycles. The fourth-order valence-electron chi connectivity index (χ4n) is 14.4. The molecule has 0 heterocycles. The maximum absolute atomic E-state index is 4.59. The van der Waals surface area contributed by atoms with Crippen molar-refractivity contribution < 1.29 is 0 Å². The van der Waals surface area contributed by atoms with E-state index in [0.717, 1.165) is 64.9 Å². The number of hydrogen-bond donors (Lipinski definition) is 1. The van der Waals surface area contributed by atoms with Crippen LogP contribution in [0, 0.1) is 64.6 Å². The molecule has 4 saturated carbocycles. The summed E-state index contributed by atoms with van der Waals surface area (Å²) >= 11 is 4.59. The van der Waals surface area contributed by atoms with E-state index in [1.54, 1.807) is 64.2 Å². The molecule has 0 N–H and O–H groups in total. The third-order valence-corrected chi connectivity index (χ3v) is 18.0. The third-order valence-electron chi connectivity index (χ3n) is 17.7. The molecule has 0 spiro atoms. The maximum atomic E-state index is 4.59. The highest BCUT2D eigenvalue weighted by Gasteiger charge is 2.43. The van der Waals surface area contributed by atoms with Crippen LogP contribution in [0.4, 0.5) is 0 Å². The predicted molar refractivity (Wildman–Crippen MR) is 244 cm³/mol. The number of thiol groups is 1. The quantitative estimate of drug-likeness (QED) is 0.0756. The minimum Gasteiger partial charge on any atom is -0.179 e. The summed E-state index contributed by atoms with van der Waals surface area (Å²) in [7, 11) is 0. The summed E-state index contributed by atoms with van der Waals surface area (Å²) in [5, 5.41) is 0. The van der Waals surface area contributed by atoms with Crippen LogP contribution >= 0.6 is 12.6 Å². The highest BCUT2D eigenvalue weighted by molar-refractivity contribution is 7.80. The highest BCUT2D eigenvalue weighted by Crippen LogP contribution is 2.54. The molecular formula is C53H96S. The van der Waals surface area contributed by atoms with Gasteiger partial charge >= 0.3 is 0 Å². The van der Waals surface area contributed by atoms with Crippen molar-refractivity contribution in [2.45, 2.75) is 252 Å². The minimum absolute atomic E-state index is 0.613. The molecule has 0 aromatic heterocycles. The van der Waals surface area contributed by atoms with Gasteiger partial charge in [0, 0.05) is 0 Å². The smallest absolute Gasteiger partial charge is 0.00978 e. The molecule has 4 fully saturated rings. The summed E-state index contributed by atoms with van der Waals surface area (Å²) in [5.74, 6) is 10.9. The van der Waals surface area contributed by atoms with Crippen molar-refractivity contribution in [2.75, 3.05) is 5.75 Å². The van der Waals surface area contributed by atoms with Crippen molar-refractivity contribution in [1.82, 2.24) is 0 Å². The lowest BCUT2D eigenvalue weighted by molar-refractivity contribution is 0.0269. The average Bonchev–Trinajstić information content (AvgIpc) is 3.59. The normalized spacial score (nSPS) is 32.2.